The van der Waals surface area contributed by atoms with Crippen LogP contribution in [0.25, 0.3) is 0 Å². The van der Waals surface area contributed by atoms with Crippen LogP contribution in [0.3, 0.4) is 0 Å². The van der Waals surface area contributed by atoms with Crippen LogP contribution in [0.5, 0.6) is 0 Å². The third kappa shape index (κ3) is 1.07. The summed E-state index contributed by atoms with van der Waals surface area (Å²) in [4.78, 5) is 0. The van der Waals surface area contributed by atoms with Gasteiger partial charge in [0.05, 0.1) is 0 Å². The average molecular weight is 139 g/mol. The van der Waals surface area contributed by atoms with E-state index in [0.29, 0.717) is 6.04 Å². The maximum atomic E-state index is 5.89. The molecular weight excluding hydrogens is 122 g/mol. The summed E-state index contributed by atoms with van der Waals surface area (Å²) in [5.74, 6) is 2.03. The van der Waals surface area contributed by atoms with Crippen molar-refractivity contribution in [2.45, 2.75) is 44.6 Å². The molecule has 2 atom stereocenters. The van der Waals surface area contributed by atoms with Crippen LogP contribution < -0.4 is 5.73 Å². The number of nitrogens with two attached hydrogens (primary N) is 1. The fraction of sp³-hybridized carbons (Fsp3) is 1.00. The third-order valence-corrected chi connectivity index (χ3v) is 3.28. The largest absolute Gasteiger partial charge is 0.328 e. The SMILES string of the molecule is NC1C[C@H]2CCCC[C@@H]2C1. The van der Waals surface area contributed by atoms with Gasteiger partial charge in [0.15, 0.2) is 0 Å². The molecule has 58 valence electrons. The minimum Gasteiger partial charge on any atom is -0.328 e. The molecule has 0 aliphatic heterocycles. The highest BCUT2D eigenvalue weighted by atomic mass is 14.7. The van der Waals surface area contributed by atoms with Crippen LogP contribution in [0.4, 0.5) is 0 Å². The van der Waals surface area contributed by atoms with E-state index in [4.69, 9.17) is 5.73 Å². The van der Waals surface area contributed by atoms with E-state index in [-0.39, 0.29) is 0 Å². The zero-order chi connectivity index (χ0) is 6.97. The van der Waals surface area contributed by atoms with Crippen molar-refractivity contribution in [1.82, 2.24) is 0 Å². The lowest BCUT2D eigenvalue weighted by molar-refractivity contribution is 0.277. The Labute approximate surface area is 63.0 Å². The molecule has 0 unspecified atom stereocenters. The summed E-state index contributed by atoms with van der Waals surface area (Å²) < 4.78 is 0. The summed E-state index contributed by atoms with van der Waals surface area (Å²) >= 11 is 0. The topological polar surface area (TPSA) is 26.0 Å². The molecule has 2 aliphatic rings. The molecule has 2 fully saturated rings. The fourth-order valence-corrected chi connectivity index (χ4v) is 2.78. The van der Waals surface area contributed by atoms with Crippen LogP contribution in [0.15, 0.2) is 0 Å². The number of hydrogen-bond acceptors (Lipinski definition) is 1. The maximum Gasteiger partial charge on any atom is 0.00443 e. The fourth-order valence-electron chi connectivity index (χ4n) is 2.78. The normalized spacial score (nSPS) is 41.7. The Kier molecular flexibility index (Phi) is 1.69. The van der Waals surface area contributed by atoms with Gasteiger partial charge >= 0.3 is 0 Å². The van der Waals surface area contributed by atoms with Crippen molar-refractivity contribution in [3.05, 3.63) is 0 Å². The van der Waals surface area contributed by atoms with E-state index in [1.165, 1.54) is 38.5 Å². The van der Waals surface area contributed by atoms with Crippen LogP contribution >= 0.6 is 0 Å². The van der Waals surface area contributed by atoms with Crippen molar-refractivity contribution in [1.29, 1.82) is 0 Å². The Morgan fingerprint density at radius 1 is 0.900 bits per heavy atom. The van der Waals surface area contributed by atoms with E-state index in [0.717, 1.165) is 11.8 Å². The predicted molar refractivity (Wildman–Crippen MR) is 42.7 cm³/mol. The summed E-state index contributed by atoms with van der Waals surface area (Å²) in [5, 5.41) is 0. The van der Waals surface area contributed by atoms with Gasteiger partial charge in [-0.1, -0.05) is 25.7 Å². The highest BCUT2D eigenvalue weighted by Gasteiger charge is 2.33. The lowest BCUT2D eigenvalue weighted by Crippen LogP contribution is -2.14. The molecule has 2 aliphatic carbocycles. The second-order valence-corrected chi connectivity index (χ2v) is 4.04. The Balaban J connectivity index is 1.97. The van der Waals surface area contributed by atoms with Gasteiger partial charge in [0.2, 0.25) is 0 Å². The first-order valence-corrected chi connectivity index (χ1v) is 4.62. The van der Waals surface area contributed by atoms with E-state index in [2.05, 4.69) is 0 Å². The Morgan fingerprint density at radius 3 is 1.90 bits per heavy atom. The lowest BCUT2D eigenvalue weighted by atomic mass is 9.82. The van der Waals surface area contributed by atoms with Crippen molar-refractivity contribution in [2.24, 2.45) is 17.6 Å². The van der Waals surface area contributed by atoms with Gasteiger partial charge in [-0.2, -0.15) is 0 Å². The molecule has 0 aromatic carbocycles. The second-order valence-electron chi connectivity index (χ2n) is 4.04. The van der Waals surface area contributed by atoms with E-state index in [9.17, 15) is 0 Å². The minimum atomic E-state index is 0.549. The highest BCUT2D eigenvalue weighted by Crippen LogP contribution is 2.41. The molecule has 0 aromatic rings. The first-order valence-electron chi connectivity index (χ1n) is 4.62. The summed E-state index contributed by atoms with van der Waals surface area (Å²) in [6, 6.07) is 0.549. The van der Waals surface area contributed by atoms with Gasteiger partial charge in [-0.15, -0.1) is 0 Å². The number of fused-ring (bicyclic) bond motifs is 1. The van der Waals surface area contributed by atoms with Crippen LogP contribution in [-0.4, -0.2) is 6.04 Å². The summed E-state index contributed by atoms with van der Waals surface area (Å²) in [7, 11) is 0. The lowest BCUT2D eigenvalue weighted by Gasteiger charge is -2.24. The molecule has 0 bridgehead atoms. The Morgan fingerprint density at radius 2 is 1.40 bits per heavy atom. The van der Waals surface area contributed by atoms with Crippen LogP contribution in [0, 0.1) is 11.8 Å². The molecule has 0 saturated heterocycles. The molecule has 1 nitrogen and oxygen atoms in total. The standard InChI is InChI=1S/C9H17N/c10-9-5-7-3-1-2-4-8(7)6-9/h7-9H,1-6,10H2/t7-,8-/m1/s1. The quantitative estimate of drug-likeness (QED) is 0.545. The van der Waals surface area contributed by atoms with Crippen molar-refractivity contribution >= 4 is 0 Å². The van der Waals surface area contributed by atoms with Crippen LogP contribution in [0.1, 0.15) is 38.5 Å². The van der Waals surface area contributed by atoms with Crippen LogP contribution in [-0.2, 0) is 0 Å². The Hall–Kier alpha value is -0.0400. The smallest absolute Gasteiger partial charge is 0.00443 e. The van der Waals surface area contributed by atoms with Gasteiger partial charge in [-0.3, -0.25) is 0 Å². The van der Waals surface area contributed by atoms with Gasteiger partial charge in [0, 0.05) is 6.04 Å². The molecule has 1 heteroatoms. The number of hydrogen-bond donors (Lipinski definition) is 1. The molecule has 0 amide bonds. The average Bonchev–Trinajstić information content (AvgIpc) is 2.27. The molecule has 0 heterocycles. The van der Waals surface area contributed by atoms with E-state index in [1.54, 1.807) is 0 Å². The summed E-state index contributed by atoms with van der Waals surface area (Å²) in [5.41, 5.74) is 5.89. The molecule has 2 N–H and O–H groups in total. The summed E-state index contributed by atoms with van der Waals surface area (Å²) in [6.45, 7) is 0. The summed E-state index contributed by atoms with van der Waals surface area (Å²) in [6.07, 6.45) is 8.52. The zero-order valence-electron chi connectivity index (χ0n) is 6.55. The van der Waals surface area contributed by atoms with Gasteiger partial charge in [-0.05, 0) is 24.7 Å². The first kappa shape index (κ1) is 6.66. The van der Waals surface area contributed by atoms with Crippen molar-refractivity contribution < 1.29 is 0 Å². The molecular formula is C9H17N. The molecule has 2 rings (SSSR count). The molecule has 10 heavy (non-hydrogen) atoms. The van der Waals surface area contributed by atoms with Crippen LogP contribution in [0.2, 0.25) is 0 Å². The maximum absolute atomic E-state index is 5.89. The number of rotatable bonds is 0. The third-order valence-electron chi connectivity index (χ3n) is 3.28. The van der Waals surface area contributed by atoms with Gasteiger partial charge in [0.1, 0.15) is 0 Å². The second kappa shape index (κ2) is 2.54. The van der Waals surface area contributed by atoms with Crippen molar-refractivity contribution in [3.8, 4) is 0 Å². The highest BCUT2D eigenvalue weighted by molar-refractivity contribution is 4.87. The zero-order valence-corrected chi connectivity index (χ0v) is 6.55. The van der Waals surface area contributed by atoms with Gasteiger partial charge in [0.25, 0.3) is 0 Å². The van der Waals surface area contributed by atoms with Crippen molar-refractivity contribution in [3.63, 3.8) is 0 Å². The molecule has 0 radical (unpaired) electrons. The molecule has 0 spiro atoms. The van der Waals surface area contributed by atoms with E-state index in [1.807, 2.05) is 0 Å². The van der Waals surface area contributed by atoms with E-state index >= 15 is 0 Å². The minimum absolute atomic E-state index is 0.549. The first-order chi connectivity index (χ1) is 4.86. The molecule has 2 saturated carbocycles. The monoisotopic (exact) mass is 139 g/mol. The predicted octanol–water partition coefficient (Wildman–Crippen LogP) is 1.91. The van der Waals surface area contributed by atoms with E-state index < -0.39 is 0 Å². The molecule has 0 aromatic heterocycles. The van der Waals surface area contributed by atoms with Gasteiger partial charge < -0.3 is 5.73 Å². The van der Waals surface area contributed by atoms with Gasteiger partial charge in [-0.25, -0.2) is 0 Å². The van der Waals surface area contributed by atoms with Crippen molar-refractivity contribution in [2.75, 3.05) is 0 Å². The Bertz CT molecular complexity index is 108.